The van der Waals surface area contributed by atoms with Gasteiger partial charge in [-0.05, 0) is 37.3 Å². The van der Waals surface area contributed by atoms with Gasteiger partial charge in [0.05, 0.1) is 28.7 Å². The topological polar surface area (TPSA) is 106 Å². The van der Waals surface area contributed by atoms with Crippen molar-refractivity contribution in [1.82, 2.24) is 9.97 Å². The molecule has 4 rings (SSSR count). The number of nitrogens with zero attached hydrogens (tertiary/aromatic N) is 2. The Labute approximate surface area is 188 Å². The molecule has 3 N–H and O–H groups in total. The molecule has 4 aromatic rings. The van der Waals surface area contributed by atoms with E-state index in [9.17, 15) is 9.90 Å². The summed E-state index contributed by atoms with van der Waals surface area (Å²) in [5.41, 5.74) is 2.68. The van der Waals surface area contributed by atoms with E-state index >= 15 is 0 Å². The molecular formula is C23H19ClN4O4. The van der Waals surface area contributed by atoms with Crippen LogP contribution >= 0.6 is 11.6 Å². The van der Waals surface area contributed by atoms with Crippen LogP contribution in [0.25, 0.3) is 10.9 Å². The number of methoxy groups -OCH3 is 1. The van der Waals surface area contributed by atoms with Crippen LogP contribution in [0.5, 0.6) is 23.1 Å². The van der Waals surface area contributed by atoms with Crippen molar-refractivity contribution in [3.05, 3.63) is 71.5 Å². The van der Waals surface area contributed by atoms with E-state index in [2.05, 4.69) is 20.6 Å². The zero-order chi connectivity index (χ0) is 22.7. The maximum Gasteiger partial charge on any atom is 0.323 e. The number of amides is 2. The van der Waals surface area contributed by atoms with Gasteiger partial charge in [0.15, 0.2) is 11.5 Å². The van der Waals surface area contributed by atoms with Crippen LogP contribution in [0.3, 0.4) is 0 Å². The number of phenols is 1. The third-order valence-corrected chi connectivity index (χ3v) is 4.92. The standard InChI is InChI=1S/C23H19ClN4O4/c1-13-3-5-14(6-4-13)27-23(30)28-18-8-7-15(9-17(18)24)32-22-16-10-21(31-2)20(29)11-19(16)25-12-26-22/h3-12,29H,1-2H3,(H2,27,28,30). The number of carbonyl (C=O) groups excluding carboxylic acids is 1. The highest BCUT2D eigenvalue weighted by Crippen LogP contribution is 2.36. The first kappa shape index (κ1) is 21.2. The maximum absolute atomic E-state index is 12.3. The molecule has 3 aromatic carbocycles. The summed E-state index contributed by atoms with van der Waals surface area (Å²) in [6.07, 6.45) is 1.33. The Kier molecular flexibility index (Phi) is 5.96. The predicted molar refractivity (Wildman–Crippen MR) is 123 cm³/mol. The van der Waals surface area contributed by atoms with Gasteiger partial charge in [-0.2, -0.15) is 0 Å². The summed E-state index contributed by atoms with van der Waals surface area (Å²) in [4.78, 5) is 20.6. The van der Waals surface area contributed by atoms with E-state index in [-0.39, 0.29) is 22.4 Å². The van der Waals surface area contributed by atoms with Crippen LogP contribution in [0.1, 0.15) is 5.56 Å². The number of ether oxygens (including phenoxy) is 2. The average molecular weight is 451 g/mol. The summed E-state index contributed by atoms with van der Waals surface area (Å²) in [5.74, 6) is 0.912. The summed E-state index contributed by atoms with van der Waals surface area (Å²) in [6, 6.07) is 14.9. The molecule has 0 fully saturated rings. The Bertz CT molecular complexity index is 1300. The van der Waals surface area contributed by atoms with Gasteiger partial charge in [-0.25, -0.2) is 14.8 Å². The molecule has 2 amide bonds. The minimum Gasteiger partial charge on any atom is -0.504 e. The Balaban J connectivity index is 1.51. The number of rotatable bonds is 5. The predicted octanol–water partition coefficient (Wildman–Crippen LogP) is 5.74. The van der Waals surface area contributed by atoms with Crippen LogP contribution in [-0.4, -0.2) is 28.2 Å². The van der Waals surface area contributed by atoms with E-state index in [0.717, 1.165) is 5.56 Å². The molecule has 0 aliphatic rings. The van der Waals surface area contributed by atoms with Crippen molar-refractivity contribution < 1.29 is 19.4 Å². The number of hydrogen-bond acceptors (Lipinski definition) is 6. The quantitative estimate of drug-likeness (QED) is 0.358. The number of aromatic hydroxyl groups is 1. The van der Waals surface area contributed by atoms with Gasteiger partial charge in [0.25, 0.3) is 0 Å². The maximum atomic E-state index is 12.3. The molecule has 0 saturated heterocycles. The Morgan fingerprint density at radius 1 is 1.03 bits per heavy atom. The molecule has 0 aliphatic carbocycles. The van der Waals surface area contributed by atoms with E-state index in [0.29, 0.717) is 28.0 Å². The van der Waals surface area contributed by atoms with Crippen molar-refractivity contribution >= 4 is 39.9 Å². The van der Waals surface area contributed by atoms with Gasteiger partial charge >= 0.3 is 6.03 Å². The normalized spacial score (nSPS) is 10.6. The lowest BCUT2D eigenvalue weighted by atomic mass is 10.2. The van der Waals surface area contributed by atoms with E-state index < -0.39 is 6.03 Å². The largest absolute Gasteiger partial charge is 0.504 e. The monoisotopic (exact) mass is 450 g/mol. The first-order valence-corrected chi connectivity index (χ1v) is 9.94. The van der Waals surface area contributed by atoms with Gasteiger partial charge in [0, 0.05) is 17.8 Å². The number of hydrogen-bond donors (Lipinski definition) is 3. The van der Waals surface area contributed by atoms with Gasteiger partial charge in [-0.3, -0.25) is 0 Å². The Hall–Kier alpha value is -4.04. The molecule has 8 nitrogen and oxygen atoms in total. The van der Waals surface area contributed by atoms with Crippen LogP contribution in [0, 0.1) is 6.92 Å². The van der Waals surface area contributed by atoms with Gasteiger partial charge in [-0.1, -0.05) is 29.3 Å². The van der Waals surface area contributed by atoms with Gasteiger partial charge < -0.3 is 25.2 Å². The van der Waals surface area contributed by atoms with E-state index in [4.69, 9.17) is 21.1 Å². The van der Waals surface area contributed by atoms with Crippen molar-refractivity contribution in [2.75, 3.05) is 17.7 Å². The average Bonchev–Trinajstić information content (AvgIpc) is 2.77. The number of anilines is 2. The summed E-state index contributed by atoms with van der Waals surface area (Å²) < 4.78 is 11.0. The highest BCUT2D eigenvalue weighted by molar-refractivity contribution is 6.34. The number of aryl methyl sites for hydroxylation is 1. The fourth-order valence-corrected chi connectivity index (χ4v) is 3.20. The molecule has 0 spiro atoms. The second-order valence-corrected chi connectivity index (χ2v) is 7.32. The summed E-state index contributed by atoms with van der Waals surface area (Å²) in [7, 11) is 1.45. The van der Waals surface area contributed by atoms with Gasteiger partial charge in [0.2, 0.25) is 5.88 Å². The number of urea groups is 1. The highest BCUT2D eigenvalue weighted by Gasteiger charge is 2.13. The number of halogens is 1. The summed E-state index contributed by atoms with van der Waals surface area (Å²) >= 11 is 6.34. The second-order valence-electron chi connectivity index (χ2n) is 6.91. The number of fused-ring (bicyclic) bond motifs is 1. The van der Waals surface area contributed by atoms with Gasteiger partial charge in [-0.15, -0.1) is 0 Å². The molecule has 1 aromatic heterocycles. The van der Waals surface area contributed by atoms with Crippen molar-refractivity contribution in [2.45, 2.75) is 6.92 Å². The molecule has 0 aliphatic heterocycles. The zero-order valence-electron chi connectivity index (χ0n) is 17.2. The van der Waals surface area contributed by atoms with Crippen molar-refractivity contribution in [2.24, 2.45) is 0 Å². The number of carbonyl (C=O) groups is 1. The summed E-state index contributed by atoms with van der Waals surface area (Å²) in [6.45, 7) is 1.97. The Morgan fingerprint density at radius 2 is 1.81 bits per heavy atom. The lowest BCUT2D eigenvalue weighted by Crippen LogP contribution is -2.19. The minimum atomic E-state index is -0.418. The van der Waals surface area contributed by atoms with Crippen molar-refractivity contribution in [3.63, 3.8) is 0 Å². The third-order valence-electron chi connectivity index (χ3n) is 4.61. The molecule has 32 heavy (non-hydrogen) atoms. The van der Waals surface area contributed by atoms with E-state index in [1.165, 1.54) is 19.5 Å². The van der Waals surface area contributed by atoms with Gasteiger partial charge in [0.1, 0.15) is 12.1 Å². The van der Waals surface area contributed by atoms with Crippen LogP contribution in [-0.2, 0) is 0 Å². The molecule has 162 valence electrons. The minimum absolute atomic E-state index is 0.0352. The summed E-state index contributed by atoms with van der Waals surface area (Å²) in [5, 5.41) is 16.2. The first-order chi connectivity index (χ1) is 15.4. The fraction of sp³-hybridized carbons (Fsp3) is 0.0870. The second kappa shape index (κ2) is 8.99. The van der Waals surface area contributed by atoms with Crippen LogP contribution < -0.4 is 20.1 Å². The van der Waals surface area contributed by atoms with Crippen LogP contribution in [0.15, 0.2) is 60.9 Å². The van der Waals surface area contributed by atoms with Crippen molar-refractivity contribution in [1.29, 1.82) is 0 Å². The molecule has 9 heteroatoms. The number of nitrogens with one attached hydrogen (secondary N) is 2. The molecule has 0 saturated carbocycles. The molecule has 0 atom stereocenters. The van der Waals surface area contributed by atoms with E-state index in [1.54, 1.807) is 24.3 Å². The first-order valence-electron chi connectivity index (χ1n) is 9.57. The Morgan fingerprint density at radius 3 is 2.53 bits per heavy atom. The van der Waals surface area contributed by atoms with Crippen LogP contribution in [0.4, 0.5) is 16.2 Å². The zero-order valence-corrected chi connectivity index (χ0v) is 18.0. The fourth-order valence-electron chi connectivity index (χ4n) is 2.99. The lowest BCUT2D eigenvalue weighted by molar-refractivity contribution is 0.262. The number of benzene rings is 3. The molecule has 0 unspecified atom stereocenters. The third kappa shape index (κ3) is 4.65. The number of aromatic nitrogens is 2. The number of phenolic OH excluding ortho intramolecular Hbond substituents is 1. The molecule has 0 radical (unpaired) electrons. The SMILES string of the molecule is COc1cc2c(Oc3ccc(NC(=O)Nc4ccc(C)cc4)c(Cl)c3)ncnc2cc1O. The van der Waals surface area contributed by atoms with Crippen molar-refractivity contribution in [3.8, 4) is 23.1 Å². The molecular weight excluding hydrogens is 432 g/mol. The van der Waals surface area contributed by atoms with E-state index in [1.807, 2.05) is 31.2 Å². The molecule has 1 heterocycles. The molecule has 0 bridgehead atoms. The smallest absolute Gasteiger partial charge is 0.323 e. The lowest BCUT2D eigenvalue weighted by Gasteiger charge is -2.12. The highest BCUT2D eigenvalue weighted by atomic mass is 35.5. The van der Waals surface area contributed by atoms with Crippen LogP contribution in [0.2, 0.25) is 5.02 Å².